The van der Waals surface area contributed by atoms with Gasteiger partial charge in [0, 0.05) is 29.7 Å². The van der Waals surface area contributed by atoms with E-state index in [0.29, 0.717) is 11.3 Å². The van der Waals surface area contributed by atoms with Gasteiger partial charge in [0.1, 0.15) is 5.69 Å². The molecule has 2 aromatic heterocycles. The SMILES string of the molecule is O=C(NCC(NC(=O)c1cncc2ccccc12)c1ccc2ccccc2c1)c1ccsn1. The molecule has 2 N–H and O–H groups in total. The van der Waals surface area contributed by atoms with Crippen LogP contribution in [0.15, 0.2) is 90.6 Å². The van der Waals surface area contributed by atoms with Gasteiger partial charge in [0.2, 0.25) is 0 Å². The second-order valence-electron chi connectivity index (χ2n) is 7.64. The number of benzene rings is 3. The van der Waals surface area contributed by atoms with E-state index in [-0.39, 0.29) is 18.4 Å². The van der Waals surface area contributed by atoms with Crippen LogP contribution >= 0.6 is 11.5 Å². The predicted octanol–water partition coefficient (Wildman–Crippen LogP) is 4.75. The zero-order chi connectivity index (χ0) is 22.6. The molecule has 0 saturated heterocycles. The van der Waals surface area contributed by atoms with Crippen molar-refractivity contribution in [1.29, 1.82) is 0 Å². The van der Waals surface area contributed by atoms with E-state index in [0.717, 1.165) is 27.1 Å². The normalized spacial score (nSPS) is 11.9. The summed E-state index contributed by atoms with van der Waals surface area (Å²) in [4.78, 5) is 30.0. The van der Waals surface area contributed by atoms with Gasteiger partial charge in [-0.15, -0.1) is 0 Å². The molecular weight excluding hydrogens is 432 g/mol. The molecule has 5 aromatic rings. The van der Waals surface area contributed by atoms with Crippen molar-refractivity contribution in [3.8, 4) is 0 Å². The summed E-state index contributed by atoms with van der Waals surface area (Å²) in [6.45, 7) is 0.221. The second-order valence-corrected chi connectivity index (χ2v) is 8.30. The van der Waals surface area contributed by atoms with Crippen LogP contribution in [0, 0.1) is 0 Å². The molecule has 0 aliphatic carbocycles. The van der Waals surface area contributed by atoms with E-state index >= 15 is 0 Å². The maximum atomic E-state index is 13.3. The maximum absolute atomic E-state index is 13.3. The average molecular weight is 453 g/mol. The van der Waals surface area contributed by atoms with Gasteiger partial charge in [-0.05, 0) is 45.4 Å². The topological polar surface area (TPSA) is 84.0 Å². The van der Waals surface area contributed by atoms with Gasteiger partial charge in [-0.25, -0.2) is 0 Å². The lowest BCUT2D eigenvalue weighted by Gasteiger charge is -2.21. The number of aromatic nitrogens is 2. The number of amides is 2. The summed E-state index contributed by atoms with van der Waals surface area (Å²) >= 11 is 1.22. The Balaban J connectivity index is 1.45. The molecule has 1 atom stereocenters. The molecule has 0 aliphatic rings. The summed E-state index contributed by atoms with van der Waals surface area (Å²) < 4.78 is 4.08. The number of hydrogen-bond donors (Lipinski definition) is 2. The third kappa shape index (κ3) is 4.44. The molecule has 7 heteroatoms. The lowest BCUT2D eigenvalue weighted by molar-refractivity contribution is 0.0907. The van der Waals surface area contributed by atoms with E-state index in [1.807, 2.05) is 66.7 Å². The van der Waals surface area contributed by atoms with Crippen molar-refractivity contribution in [1.82, 2.24) is 20.0 Å². The Bertz CT molecular complexity index is 1440. The van der Waals surface area contributed by atoms with Crippen LogP contribution < -0.4 is 10.6 Å². The Hall–Kier alpha value is -4.10. The molecule has 0 fully saturated rings. The minimum atomic E-state index is -0.441. The standard InChI is InChI=1S/C26H20N4O2S/c31-25(22-15-27-14-20-7-3-4-8-21(20)22)29-24(16-28-26(32)23-11-12-33-30-23)19-10-9-17-5-1-2-6-18(17)13-19/h1-15,24H,16H2,(H,28,32)(H,29,31). The smallest absolute Gasteiger partial charge is 0.271 e. The average Bonchev–Trinajstić information content (AvgIpc) is 3.41. The summed E-state index contributed by atoms with van der Waals surface area (Å²) in [7, 11) is 0. The van der Waals surface area contributed by atoms with E-state index in [9.17, 15) is 9.59 Å². The van der Waals surface area contributed by atoms with Gasteiger partial charge in [-0.2, -0.15) is 4.37 Å². The molecule has 6 nitrogen and oxygen atoms in total. The minimum Gasteiger partial charge on any atom is -0.348 e. The number of nitrogens with one attached hydrogen (secondary N) is 2. The fraction of sp³-hybridized carbons (Fsp3) is 0.0769. The first-order valence-electron chi connectivity index (χ1n) is 10.5. The van der Waals surface area contributed by atoms with Crippen molar-refractivity contribution in [2.24, 2.45) is 0 Å². The van der Waals surface area contributed by atoms with Crippen LogP contribution in [-0.2, 0) is 0 Å². The van der Waals surface area contributed by atoms with Gasteiger partial charge in [0.15, 0.2) is 0 Å². The largest absolute Gasteiger partial charge is 0.348 e. The Morgan fingerprint density at radius 1 is 0.848 bits per heavy atom. The van der Waals surface area contributed by atoms with E-state index in [1.165, 1.54) is 11.5 Å². The van der Waals surface area contributed by atoms with Crippen LogP contribution in [0.2, 0.25) is 0 Å². The monoisotopic (exact) mass is 452 g/mol. The van der Waals surface area contributed by atoms with Crippen molar-refractivity contribution in [3.63, 3.8) is 0 Å². The van der Waals surface area contributed by atoms with Gasteiger partial charge < -0.3 is 10.6 Å². The zero-order valence-corrected chi connectivity index (χ0v) is 18.4. The third-order valence-electron chi connectivity index (χ3n) is 5.53. The molecule has 3 aromatic carbocycles. The van der Waals surface area contributed by atoms with E-state index < -0.39 is 6.04 Å². The zero-order valence-electron chi connectivity index (χ0n) is 17.6. The van der Waals surface area contributed by atoms with Crippen molar-refractivity contribution in [3.05, 3.63) is 107 Å². The van der Waals surface area contributed by atoms with Crippen LogP contribution in [0.3, 0.4) is 0 Å². The predicted molar refractivity (Wildman–Crippen MR) is 130 cm³/mol. The molecule has 0 radical (unpaired) electrons. The Kier molecular flexibility index (Phi) is 5.78. The Morgan fingerprint density at radius 3 is 2.45 bits per heavy atom. The van der Waals surface area contributed by atoms with Gasteiger partial charge >= 0.3 is 0 Å². The van der Waals surface area contributed by atoms with Gasteiger partial charge in [-0.3, -0.25) is 14.6 Å². The maximum Gasteiger partial charge on any atom is 0.271 e. The molecule has 0 spiro atoms. The minimum absolute atomic E-state index is 0.221. The molecule has 0 aliphatic heterocycles. The van der Waals surface area contributed by atoms with Crippen LogP contribution in [0.25, 0.3) is 21.5 Å². The molecule has 0 saturated carbocycles. The Morgan fingerprint density at radius 2 is 1.64 bits per heavy atom. The van der Waals surface area contributed by atoms with Crippen LogP contribution in [0.5, 0.6) is 0 Å². The van der Waals surface area contributed by atoms with E-state index in [2.05, 4.69) is 20.0 Å². The van der Waals surface area contributed by atoms with Crippen LogP contribution in [0.1, 0.15) is 32.5 Å². The van der Waals surface area contributed by atoms with Gasteiger partial charge in [0.05, 0.1) is 11.6 Å². The molecule has 1 unspecified atom stereocenters. The summed E-state index contributed by atoms with van der Waals surface area (Å²) in [5.74, 6) is -0.525. The Labute approximate surface area is 194 Å². The fourth-order valence-electron chi connectivity index (χ4n) is 3.83. The number of carbonyl (C=O) groups is 2. The summed E-state index contributed by atoms with van der Waals surface area (Å²) in [6, 6.07) is 22.9. The highest BCUT2D eigenvalue weighted by Crippen LogP contribution is 2.22. The third-order valence-corrected chi connectivity index (χ3v) is 6.09. The fourth-order valence-corrected chi connectivity index (χ4v) is 4.33. The van der Waals surface area contributed by atoms with Gasteiger partial charge in [-0.1, -0.05) is 60.7 Å². The summed E-state index contributed by atoms with van der Waals surface area (Å²) in [5, 5.41) is 11.6. The van der Waals surface area contributed by atoms with Crippen molar-refractivity contribution >= 4 is 44.9 Å². The molecule has 0 bridgehead atoms. The highest BCUT2D eigenvalue weighted by molar-refractivity contribution is 7.03. The number of nitrogens with zero attached hydrogens (tertiary/aromatic N) is 2. The highest BCUT2D eigenvalue weighted by Gasteiger charge is 2.20. The first kappa shape index (κ1) is 20.8. The summed E-state index contributed by atoms with van der Waals surface area (Å²) in [6.07, 6.45) is 3.31. The molecular formula is C26H20N4O2S. The van der Waals surface area contributed by atoms with E-state index in [1.54, 1.807) is 23.8 Å². The van der Waals surface area contributed by atoms with Gasteiger partial charge in [0.25, 0.3) is 11.8 Å². The highest BCUT2D eigenvalue weighted by atomic mass is 32.1. The first-order valence-corrected chi connectivity index (χ1v) is 11.3. The molecule has 2 amide bonds. The van der Waals surface area contributed by atoms with Crippen LogP contribution in [0.4, 0.5) is 0 Å². The number of pyridine rings is 1. The molecule has 33 heavy (non-hydrogen) atoms. The number of carbonyl (C=O) groups excluding carboxylic acids is 2. The quantitative estimate of drug-likeness (QED) is 0.390. The molecule has 2 heterocycles. The number of hydrogen-bond acceptors (Lipinski definition) is 5. The first-order chi connectivity index (χ1) is 16.2. The molecule has 162 valence electrons. The number of rotatable bonds is 6. The number of fused-ring (bicyclic) bond motifs is 2. The van der Waals surface area contributed by atoms with Crippen LogP contribution in [-0.4, -0.2) is 27.7 Å². The van der Waals surface area contributed by atoms with Crippen molar-refractivity contribution in [2.45, 2.75) is 6.04 Å². The van der Waals surface area contributed by atoms with Crippen molar-refractivity contribution in [2.75, 3.05) is 6.54 Å². The lowest BCUT2D eigenvalue weighted by atomic mass is 10.0. The molecule has 5 rings (SSSR count). The van der Waals surface area contributed by atoms with Crippen molar-refractivity contribution < 1.29 is 9.59 Å². The van der Waals surface area contributed by atoms with E-state index in [4.69, 9.17) is 0 Å². The second kappa shape index (κ2) is 9.18. The lowest BCUT2D eigenvalue weighted by Crippen LogP contribution is -2.38. The summed E-state index contributed by atoms with van der Waals surface area (Å²) in [5.41, 5.74) is 1.75.